The topological polar surface area (TPSA) is 84.5 Å². The maximum absolute atomic E-state index is 12.5. The van der Waals surface area contributed by atoms with Crippen LogP contribution in [-0.2, 0) is 20.7 Å². The third kappa shape index (κ3) is 3.52. The summed E-state index contributed by atoms with van der Waals surface area (Å²) >= 11 is 0. The van der Waals surface area contributed by atoms with Crippen LogP contribution >= 0.6 is 0 Å². The first-order valence-electron chi connectivity index (χ1n) is 7.92. The summed E-state index contributed by atoms with van der Waals surface area (Å²) in [6, 6.07) is 12.3. The molecule has 1 aliphatic rings. The zero-order chi connectivity index (χ0) is 18.0. The number of amides is 2. The second-order valence-corrected chi connectivity index (χ2v) is 5.90. The number of esters is 1. The maximum Gasteiger partial charge on any atom is 0.339 e. The van der Waals surface area contributed by atoms with Gasteiger partial charge in [0.05, 0.1) is 5.56 Å². The third-order valence-electron chi connectivity index (χ3n) is 4.09. The van der Waals surface area contributed by atoms with Gasteiger partial charge >= 0.3 is 5.97 Å². The molecule has 0 spiro atoms. The molecule has 0 saturated heterocycles. The van der Waals surface area contributed by atoms with Crippen LogP contribution in [0.15, 0.2) is 42.5 Å². The summed E-state index contributed by atoms with van der Waals surface area (Å²) < 4.78 is 5.26. The molecule has 25 heavy (non-hydrogen) atoms. The number of cyclic esters (lactones) is 1. The Morgan fingerprint density at radius 3 is 2.44 bits per heavy atom. The molecule has 1 heterocycles. The molecule has 0 radical (unpaired) electrons. The van der Waals surface area contributed by atoms with E-state index >= 15 is 0 Å². The Labute approximate surface area is 145 Å². The van der Waals surface area contributed by atoms with Crippen molar-refractivity contribution in [1.82, 2.24) is 0 Å². The molecule has 3 rings (SSSR count). The van der Waals surface area contributed by atoms with E-state index in [0.717, 1.165) is 11.1 Å². The minimum absolute atomic E-state index is 0.190. The second-order valence-electron chi connectivity index (χ2n) is 5.90. The van der Waals surface area contributed by atoms with Gasteiger partial charge in [-0.05, 0) is 36.2 Å². The van der Waals surface area contributed by atoms with Crippen molar-refractivity contribution >= 4 is 29.2 Å². The summed E-state index contributed by atoms with van der Waals surface area (Å²) in [5.74, 6) is -1.08. The monoisotopic (exact) mass is 338 g/mol. The van der Waals surface area contributed by atoms with Gasteiger partial charge in [0, 0.05) is 24.7 Å². The minimum Gasteiger partial charge on any atom is -0.448 e. The molecule has 0 saturated carbocycles. The fraction of sp³-hybridized carbons (Fsp3) is 0.211. The molecule has 6 nitrogen and oxygen atoms in total. The van der Waals surface area contributed by atoms with Gasteiger partial charge in [-0.25, -0.2) is 4.79 Å². The van der Waals surface area contributed by atoms with Crippen molar-refractivity contribution in [3.05, 3.63) is 59.2 Å². The molecule has 2 N–H and O–H groups in total. The molecule has 2 aromatic carbocycles. The molecule has 2 aromatic rings. The molecule has 1 atom stereocenters. The number of nitrogens with one attached hydrogen (secondary N) is 2. The highest BCUT2D eigenvalue weighted by Gasteiger charge is 2.31. The van der Waals surface area contributed by atoms with Crippen molar-refractivity contribution in [2.24, 2.45) is 0 Å². The van der Waals surface area contributed by atoms with Crippen LogP contribution in [0.4, 0.5) is 11.4 Å². The lowest BCUT2D eigenvalue weighted by molar-refractivity contribution is -0.125. The zero-order valence-corrected chi connectivity index (χ0v) is 14.0. The number of anilines is 2. The number of rotatable bonds is 3. The molecule has 0 bridgehead atoms. The lowest BCUT2D eigenvalue weighted by Gasteiger charge is -2.24. The normalized spacial score (nSPS) is 15.8. The number of ether oxygens (including phenoxy) is 1. The number of carbonyl (C=O) groups excluding carboxylic acids is 3. The third-order valence-corrected chi connectivity index (χ3v) is 4.09. The van der Waals surface area contributed by atoms with Crippen LogP contribution in [0.5, 0.6) is 0 Å². The molecular weight excluding hydrogens is 320 g/mol. The summed E-state index contributed by atoms with van der Waals surface area (Å²) in [7, 11) is 0. The van der Waals surface area contributed by atoms with E-state index in [9.17, 15) is 14.4 Å². The van der Waals surface area contributed by atoms with Crippen molar-refractivity contribution in [2.75, 3.05) is 10.6 Å². The van der Waals surface area contributed by atoms with E-state index in [1.54, 1.807) is 37.3 Å². The first kappa shape index (κ1) is 16.7. The molecule has 2 amide bonds. The van der Waals surface area contributed by atoms with Gasteiger partial charge in [0.2, 0.25) is 5.91 Å². The van der Waals surface area contributed by atoms with Crippen LogP contribution in [0.2, 0.25) is 0 Å². The van der Waals surface area contributed by atoms with Crippen molar-refractivity contribution in [1.29, 1.82) is 0 Å². The molecule has 1 unspecified atom stereocenters. The number of fused-ring (bicyclic) bond motifs is 1. The van der Waals surface area contributed by atoms with E-state index in [-0.39, 0.29) is 5.91 Å². The Kier molecular flexibility index (Phi) is 4.52. The highest BCUT2D eigenvalue weighted by Crippen LogP contribution is 2.25. The minimum atomic E-state index is -0.883. The molecule has 128 valence electrons. The number of hydrogen-bond acceptors (Lipinski definition) is 4. The number of carbonyl (C=O) groups is 3. The van der Waals surface area contributed by atoms with Crippen molar-refractivity contribution in [3.63, 3.8) is 0 Å². The van der Waals surface area contributed by atoms with E-state index in [0.29, 0.717) is 23.4 Å². The summed E-state index contributed by atoms with van der Waals surface area (Å²) in [4.78, 5) is 35.8. The molecule has 0 aliphatic carbocycles. The summed E-state index contributed by atoms with van der Waals surface area (Å²) in [6.07, 6.45) is -0.552. The lowest BCUT2D eigenvalue weighted by atomic mass is 9.98. The van der Waals surface area contributed by atoms with Crippen LogP contribution in [-0.4, -0.2) is 23.9 Å². The van der Waals surface area contributed by atoms with Gasteiger partial charge in [0.15, 0.2) is 6.10 Å². The maximum atomic E-state index is 12.5. The lowest BCUT2D eigenvalue weighted by Crippen LogP contribution is -2.38. The fourth-order valence-electron chi connectivity index (χ4n) is 2.79. The standard InChI is InChI=1S/C19H18N2O4/c1-11-15(20-12(2)22)8-5-9-16(11)21-18(23)17-10-13-6-3-4-7-14(13)19(24)25-17/h3-9,17H,10H2,1-2H3,(H,20,22)(H,21,23). The van der Waals surface area contributed by atoms with E-state index in [1.807, 2.05) is 12.1 Å². The van der Waals surface area contributed by atoms with Crippen LogP contribution in [0.25, 0.3) is 0 Å². The molecule has 1 aliphatic heterocycles. The van der Waals surface area contributed by atoms with Crippen molar-refractivity contribution in [2.45, 2.75) is 26.4 Å². The first-order valence-corrected chi connectivity index (χ1v) is 7.92. The van der Waals surface area contributed by atoms with Crippen molar-refractivity contribution < 1.29 is 19.1 Å². The first-order chi connectivity index (χ1) is 12.0. The average molecular weight is 338 g/mol. The quantitative estimate of drug-likeness (QED) is 0.843. The zero-order valence-electron chi connectivity index (χ0n) is 14.0. The van der Waals surface area contributed by atoms with Gasteiger partial charge in [-0.2, -0.15) is 0 Å². The second kappa shape index (κ2) is 6.76. The predicted octanol–water partition coefficient (Wildman–Crippen LogP) is 2.67. The van der Waals surface area contributed by atoms with Crippen LogP contribution in [0.1, 0.15) is 28.4 Å². The Hall–Kier alpha value is -3.15. The van der Waals surface area contributed by atoms with E-state index in [1.165, 1.54) is 6.92 Å². The molecule has 0 fully saturated rings. The highest BCUT2D eigenvalue weighted by atomic mass is 16.5. The summed E-state index contributed by atoms with van der Waals surface area (Å²) in [5, 5.41) is 5.49. The Morgan fingerprint density at radius 1 is 1.04 bits per heavy atom. The Morgan fingerprint density at radius 2 is 1.72 bits per heavy atom. The number of hydrogen-bond donors (Lipinski definition) is 2. The molecule has 6 heteroatoms. The van der Waals surface area contributed by atoms with Gasteiger partial charge in [0.25, 0.3) is 5.91 Å². The van der Waals surface area contributed by atoms with Crippen LogP contribution in [0, 0.1) is 6.92 Å². The molecule has 0 aromatic heterocycles. The number of benzene rings is 2. The van der Waals surface area contributed by atoms with Crippen molar-refractivity contribution in [3.8, 4) is 0 Å². The van der Waals surface area contributed by atoms with E-state index in [2.05, 4.69) is 10.6 Å². The Bertz CT molecular complexity index is 860. The van der Waals surface area contributed by atoms with Gasteiger partial charge < -0.3 is 15.4 Å². The highest BCUT2D eigenvalue weighted by molar-refractivity contribution is 6.01. The van der Waals surface area contributed by atoms with Gasteiger partial charge in [-0.1, -0.05) is 24.3 Å². The summed E-state index contributed by atoms with van der Waals surface area (Å²) in [6.45, 7) is 3.21. The SMILES string of the molecule is CC(=O)Nc1cccc(NC(=O)C2Cc3ccccc3C(=O)O2)c1C. The summed E-state index contributed by atoms with van der Waals surface area (Å²) in [5.41, 5.74) is 3.20. The fourth-order valence-corrected chi connectivity index (χ4v) is 2.79. The molecular formula is C19H18N2O4. The van der Waals surface area contributed by atoms with Gasteiger partial charge in [0.1, 0.15) is 0 Å². The smallest absolute Gasteiger partial charge is 0.339 e. The van der Waals surface area contributed by atoms with Gasteiger partial charge in [-0.3, -0.25) is 9.59 Å². The van der Waals surface area contributed by atoms with Crippen LogP contribution in [0.3, 0.4) is 0 Å². The Balaban J connectivity index is 1.78. The van der Waals surface area contributed by atoms with E-state index in [4.69, 9.17) is 4.74 Å². The van der Waals surface area contributed by atoms with Crippen LogP contribution < -0.4 is 10.6 Å². The van der Waals surface area contributed by atoms with E-state index < -0.39 is 18.0 Å². The largest absolute Gasteiger partial charge is 0.448 e. The van der Waals surface area contributed by atoms with Gasteiger partial charge in [-0.15, -0.1) is 0 Å². The average Bonchev–Trinajstić information content (AvgIpc) is 2.58. The predicted molar refractivity (Wildman–Crippen MR) is 93.5 cm³/mol.